The Morgan fingerprint density at radius 3 is 2.58 bits per heavy atom. The largest absolute Gasteiger partial charge is 0.454 e. The lowest BCUT2D eigenvalue weighted by Crippen LogP contribution is -2.30. The Bertz CT molecular complexity index is 888. The predicted molar refractivity (Wildman–Crippen MR) is 92.7 cm³/mol. The summed E-state index contributed by atoms with van der Waals surface area (Å²) in [5.74, 6) is -0.925. The van der Waals surface area contributed by atoms with E-state index in [0.29, 0.717) is 5.95 Å². The second-order valence-electron chi connectivity index (χ2n) is 5.19. The molecule has 1 heterocycles. The van der Waals surface area contributed by atoms with Crippen LogP contribution in [0.5, 0.6) is 0 Å². The molecule has 0 bridgehead atoms. The van der Waals surface area contributed by atoms with Crippen molar-refractivity contribution in [2.45, 2.75) is 4.90 Å². The number of benzene rings is 1. The van der Waals surface area contributed by atoms with Crippen LogP contribution in [0, 0.1) is 0 Å². The summed E-state index contributed by atoms with van der Waals surface area (Å²) in [4.78, 5) is 32.9. The van der Waals surface area contributed by atoms with E-state index in [2.05, 4.69) is 15.3 Å². The number of rotatable bonds is 7. The van der Waals surface area contributed by atoms with Crippen molar-refractivity contribution in [2.75, 3.05) is 30.4 Å². The van der Waals surface area contributed by atoms with Crippen LogP contribution in [0.2, 0.25) is 0 Å². The number of nitrogens with one attached hydrogen (secondary N) is 1. The third-order valence-electron chi connectivity index (χ3n) is 3.07. The number of hydrogen-bond donors (Lipinski definition) is 2. The number of likely N-dealkylation sites (N-methyl/N-ethyl adjacent to an activating group) is 1. The molecule has 1 amide bonds. The number of sulfonamides is 1. The monoisotopic (exact) mass is 379 g/mol. The fourth-order valence-electron chi connectivity index (χ4n) is 1.89. The molecule has 138 valence electrons. The van der Waals surface area contributed by atoms with Crippen LogP contribution in [0.1, 0.15) is 0 Å². The number of aromatic nitrogens is 2. The molecule has 0 fully saturated rings. The molecule has 2 aromatic rings. The number of ether oxygens (including phenoxy) is 1. The van der Waals surface area contributed by atoms with Crippen molar-refractivity contribution in [2.24, 2.45) is 5.14 Å². The van der Waals surface area contributed by atoms with E-state index in [9.17, 15) is 18.0 Å². The summed E-state index contributed by atoms with van der Waals surface area (Å²) in [6.45, 7) is -0.667. The lowest BCUT2D eigenvalue weighted by Gasteiger charge is -2.15. The quantitative estimate of drug-likeness (QED) is 0.626. The van der Waals surface area contributed by atoms with Crippen molar-refractivity contribution in [1.82, 2.24) is 9.97 Å². The van der Waals surface area contributed by atoms with Gasteiger partial charge < -0.3 is 15.0 Å². The number of carbonyl (C=O) groups is 2. The second-order valence-corrected chi connectivity index (χ2v) is 6.75. The number of carbonyl (C=O) groups excluding carboxylic acids is 2. The minimum absolute atomic E-state index is 0.141. The summed E-state index contributed by atoms with van der Waals surface area (Å²) in [5.41, 5.74) is 0.215. The number of amides is 1. The van der Waals surface area contributed by atoms with Crippen molar-refractivity contribution >= 4 is 33.5 Å². The lowest BCUT2D eigenvalue weighted by atomic mass is 10.3. The van der Waals surface area contributed by atoms with Gasteiger partial charge in [-0.05, 0) is 24.3 Å². The fraction of sp³-hybridized carbons (Fsp3) is 0.200. The molecule has 0 radical (unpaired) electrons. The number of nitrogens with two attached hydrogens (primary N) is 1. The topological polar surface area (TPSA) is 145 Å². The summed E-state index contributed by atoms with van der Waals surface area (Å²) in [6, 6.07) is 7.05. The Kier molecular flexibility index (Phi) is 6.20. The van der Waals surface area contributed by atoms with Crippen LogP contribution in [0.3, 0.4) is 0 Å². The molecular weight excluding hydrogens is 362 g/mol. The zero-order valence-electron chi connectivity index (χ0n) is 13.8. The highest BCUT2D eigenvalue weighted by Crippen LogP contribution is 2.14. The van der Waals surface area contributed by atoms with E-state index < -0.39 is 28.5 Å². The van der Waals surface area contributed by atoms with Gasteiger partial charge in [-0.2, -0.15) is 0 Å². The van der Waals surface area contributed by atoms with Crippen LogP contribution in [-0.4, -0.2) is 50.5 Å². The maximum absolute atomic E-state index is 11.8. The van der Waals surface area contributed by atoms with E-state index in [1.807, 2.05) is 0 Å². The molecule has 0 aliphatic carbocycles. The van der Waals surface area contributed by atoms with Gasteiger partial charge in [-0.15, -0.1) is 0 Å². The fourth-order valence-corrected chi connectivity index (χ4v) is 2.45. The molecule has 0 aliphatic heterocycles. The second kappa shape index (κ2) is 8.36. The van der Waals surface area contributed by atoms with E-state index in [0.717, 1.165) is 0 Å². The number of esters is 1. The first kappa shape index (κ1) is 19.3. The smallest absolute Gasteiger partial charge is 0.326 e. The molecule has 10 nitrogen and oxygen atoms in total. The van der Waals surface area contributed by atoms with Crippen molar-refractivity contribution in [3.8, 4) is 0 Å². The molecule has 26 heavy (non-hydrogen) atoms. The van der Waals surface area contributed by atoms with E-state index in [4.69, 9.17) is 9.88 Å². The third kappa shape index (κ3) is 5.79. The SMILES string of the molecule is CN(CC(=O)OCC(=O)Nc1cccc(S(N)(=O)=O)c1)c1ncccn1. The van der Waals surface area contributed by atoms with Crippen LogP contribution >= 0.6 is 0 Å². The highest BCUT2D eigenvalue weighted by molar-refractivity contribution is 7.89. The van der Waals surface area contributed by atoms with Gasteiger partial charge in [0.2, 0.25) is 16.0 Å². The Morgan fingerprint density at radius 1 is 1.23 bits per heavy atom. The zero-order valence-corrected chi connectivity index (χ0v) is 14.6. The number of anilines is 2. The van der Waals surface area contributed by atoms with Gasteiger partial charge >= 0.3 is 5.97 Å². The van der Waals surface area contributed by atoms with Gasteiger partial charge in [-0.3, -0.25) is 9.59 Å². The number of nitrogens with zero attached hydrogens (tertiary/aromatic N) is 3. The average molecular weight is 379 g/mol. The molecular formula is C15H17N5O5S. The predicted octanol–water partition coefficient (Wildman–Crippen LogP) is -0.258. The van der Waals surface area contributed by atoms with Gasteiger partial charge in [0.25, 0.3) is 5.91 Å². The molecule has 0 saturated heterocycles. The number of hydrogen-bond acceptors (Lipinski definition) is 8. The van der Waals surface area contributed by atoms with E-state index in [1.165, 1.54) is 41.6 Å². The molecule has 0 unspecified atom stereocenters. The van der Waals surface area contributed by atoms with Crippen LogP contribution in [-0.2, 0) is 24.3 Å². The standard InChI is InChI=1S/C15H17N5O5S/c1-20(15-17-6-3-7-18-15)9-14(22)25-10-13(21)19-11-4-2-5-12(8-11)26(16,23)24/h2-8H,9-10H2,1H3,(H,19,21)(H2,16,23,24). The van der Waals surface area contributed by atoms with Crippen LogP contribution < -0.4 is 15.4 Å². The molecule has 11 heteroatoms. The Morgan fingerprint density at radius 2 is 1.92 bits per heavy atom. The van der Waals surface area contributed by atoms with Crippen LogP contribution in [0.15, 0.2) is 47.6 Å². The molecule has 2 rings (SSSR count). The summed E-state index contributed by atoms with van der Waals surface area (Å²) < 4.78 is 27.4. The molecule has 0 aliphatic rings. The third-order valence-corrected chi connectivity index (χ3v) is 3.98. The maximum Gasteiger partial charge on any atom is 0.326 e. The Balaban J connectivity index is 1.84. The maximum atomic E-state index is 11.8. The summed E-state index contributed by atoms with van der Waals surface area (Å²) >= 11 is 0. The minimum Gasteiger partial charge on any atom is -0.454 e. The molecule has 0 saturated carbocycles. The zero-order chi connectivity index (χ0) is 19.2. The van der Waals surface area contributed by atoms with Gasteiger partial charge in [0, 0.05) is 25.1 Å². The summed E-state index contributed by atoms with van der Waals surface area (Å²) in [6.07, 6.45) is 3.07. The highest BCUT2D eigenvalue weighted by atomic mass is 32.2. The van der Waals surface area contributed by atoms with Crippen molar-refractivity contribution in [3.63, 3.8) is 0 Å². The average Bonchev–Trinajstić information content (AvgIpc) is 2.60. The molecule has 0 spiro atoms. The molecule has 3 N–H and O–H groups in total. The van der Waals surface area contributed by atoms with Crippen molar-refractivity contribution in [3.05, 3.63) is 42.7 Å². The van der Waals surface area contributed by atoms with E-state index in [1.54, 1.807) is 13.1 Å². The van der Waals surface area contributed by atoms with E-state index in [-0.39, 0.29) is 17.1 Å². The Hall–Kier alpha value is -3.05. The van der Waals surface area contributed by atoms with Crippen molar-refractivity contribution in [1.29, 1.82) is 0 Å². The van der Waals surface area contributed by atoms with Gasteiger partial charge in [0.05, 0.1) is 4.90 Å². The first-order valence-corrected chi connectivity index (χ1v) is 8.87. The normalized spacial score (nSPS) is 10.8. The molecule has 1 aromatic carbocycles. The summed E-state index contributed by atoms with van der Waals surface area (Å²) in [7, 11) is -2.27. The Labute approximate surface area is 150 Å². The van der Waals surface area contributed by atoms with Gasteiger partial charge in [0.15, 0.2) is 6.61 Å². The van der Waals surface area contributed by atoms with Crippen LogP contribution in [0.25, 0.3) is 0 Å². The van der Waals surface area contributed by atoms with Crippen molar-refractivity contribution < 1.29 is 22.7 Å². The first-order chi connectivity index (χ1) is 12.3. The highest BCUT2D eigenvalue weighted by Gasteiger charge is 2.13. The first-order valence-electron chi connectivity index (χ1n) is 7.32. The molecule has 1 aromatic heterocycles. The van der Waals surface area contributed by atoms with Gasteiger partial charge in [0.1, 0.15) is 6.54 Å². The number of primary sulfonamides is 1. The van der Waals surface area contributed by atoms with Gasteiger partial charge in [-0.25, -0.2) is 23.5 Å². The lowest BCUT2D eigenvalue weighted by molar-refractivity contribution is -0.145. The minimum atomic E-state index is -3.88. The van der Waals surface area contributed by atoms with Crippen LogP contribution in [0.4, 0.5) is 11.6 Å². The van der Waals surface area contributed by atoms with Gasteiger partial charge in [-0.1, -0.05) is 6.07 Å². The van der Waals surface area contributed by atoms with E-state index >= 15 is 0 Å². The molecule has 0 atom stereocenters. The summed E-state index contributed by atoms with van der Waals surface area (Å²) in [5, 5.41) is 7.44.